The molecule has 1 aliphatic rings. The first-order valence-corrected chi connectivity index (χ1v) is 10.7. The lowest BCUT2D eigenvalue weighted by atomic mass is 10.2. The van der Waals surface area contributed by atoms with E-state index in [1.165, 1.54) is 0 Å². The van der Waals surface area contributed by atoms with Crippen LogP contribution in [0.3, 0.4) is 0 Å². The first-order valence-electron chi connectivity index (χ1n) is 10.3. The molecule has 1 fully saturated rings. The van der Waals surface area contributed by atoms with Crippen LogP contribution in [0.1, 0.15) is 18.9 Å². The quantitative estimate of drug-likeness (QED) is 0.729. The van der Waals surface area contributed by atoms with Crippen molar-refractivity contribution < 1.29 is 19.1 Å². The van der Waals surface area contributed by atoms with E-state index in [0.29, 0.717) is 49.9 Å². The molecule has 0 aromatic heterocycles. The average Bonchev–Trinajstić information content (AvgIpc) is 3.03. The molecule has 166 valence electrons. The maximum absolute atomic E-state index is 12.8. The van der Waals surface area contributed by atoms with Crippen molar-refractivity contribution in [1.82, 2.24) is 9.80 Å². The number of hydrogen-bond donors (Lipinski definition) is 1. The summed E-state index contributed by atoms with van der Waals surface area (Å²) in [5.41, 5.74) is 1.59. The zero-order valence-corrected chi connectivity index (χ0v) is 18.6. The summed E-state index contributed by atoms with van der Waals surface area (Å²) in [4.78, 5) is 28.9. The first-order chi connectivity index (χ1) is 15.0. The van der Waals surface area contributed by atoms with Gasteiger partial charge in [0.15, 0.2) is 0 Å². The van der Waals surface area contributed by atoms with Gasteiger partial charge in [-0.15, -0.1) is 0 Å². The van der Waals surface area contributed by atoms with Gasteiger partial charge in [0.1, 0.15) is 11.9 Å². The van der Waals surface area contributed by atoms with Gasteiger partial charge < -0.3 is 24.6 Å². The number of halogens is 1. The maximum Gasteiger partial charge on any atom is 0.321 e. The van der Waals surface area contributed by atoms with E-state index in [0.717, 1.165) is 11.3 Å². The molecule has 1 atom stereocenters. The van der Waals surface area contributed by atoms with Crippen molar-refractivity contribution in [2.24, 2.45) is 0 Å². The topological polar surface area (TPSA) is 71.1 Å². The largest absolute Gasteiger partial charge is 0.497 e. The molecule has 2 aromatic carbocycles. The number of nitrogens with zero attached hydrogens (tertiary/aromatic N) is 2. The Kier molecular flexibility index (Phi) is 8.14. The number of amides is 3. The van der Waals surface area contributed by atoms with E-state index in [2.05, 4.69) is 5.32 Å². The molecule has 1 N–H and O–H groups in total. The number of benzene rings is 2. The van der Waals surface area contributed by atoms with Crippen LogP contribution >= 0.6 is 11.6 Å². The number of hydrogen-bond acceptors (Lipinski definition) is 4. The molecule has 1 saturated heterocycles. The number of carbonyl (C=O) groups excluding carboxylic acids is 2. The van der Waals surface area contributed by atoms with Crippen LogP contribution in [-0.4, -0.2) is 61.1 Å². The lowest BCUT2D eigenvalue weighted by Crippen LogP contribution is -2.42. The summed E-state index contributed by atoms with van der Waals surface area (Å²) in [6.45, 7) is 4.18. The van der Waals surface area contributed by atoms with Gasteiger partial charge in [0.2, 0.25) is 0 Å². The van der Waals surface area contributed by atoms with Crippen LogP contribution in [-0.2, 0) is 16.1 Å². The van der Waals surface area contributed by atoms with E-state index in [1.54, 1.807) is 48.1 Å². The van der Waals surface area contributed by atoms with Gasteiger partial charge in [-0.05, 0) is 49.2 Å². The van der Waals surface area contributed by atoms with E-state index < -0.39 is 6.10 Å². The van der Waals surface area contributed by atoms with Crippen LogP contribution in [0.25, 0.3) is 0 Å². The molecule has 1 unspecified atom stereocenters. The van der Waals surface area contributed by atoms with Crippen molar-refractivity contribution in [1.29, 1.82) is 0 Å². The number of urea groups is 1. The molecule has 0 aliphatic carbocycles. The molecule has 1 aliphatic heterocycles. The molecule has 2 aromatic rings. The number of anilines is 1. The number of methoxy groups -OCH3 is 1. The minimum absolute atomic E-state index is 0.0694. The van der Waals surface area contributed by atoms with Gasteiger partial charge in [-0.3, -0.25) is 4.79 Å². The van der Waals surface area contributed by atoms with E-state index in [-0.39, 0.29) is 11.9 Å². The van der Waals surface area contributed by atoms with E-state index in [9.17, 15) is 9.59 Å². The van der Waals surface area contributed by atoms with Gasteiger partial charge >= 0.3 is 6.03 Å². The van der Waals surface area contributed by atoms with Crippen LogP contribution < -0.4 is 10.1 Å². The summed E-state index contributed by atoms with van der Waals surface area (Å²) >= 11 is 5.98. The highest BCUT2D eigenvalue weighted by molar-refractivity contribution is 6.30. The van der Waals surface area contributed by atoms with Crippen LogP contribution in [0.5, 0.6) is 5.75 Å². The SMILES string of the molecule is COc1cccc(COC(C)C(=O)N2CCCN(C(=O)Nc3cccc(Cl)c3)CC2)c1. The minimum atomic E-state index is -0.571. The summed E-state index contributed by atoms with van der Waals surface area (Å²) < 4.78 is 11.0. The second kappa shape index (κ2) is 11.0. The Morgan fingerprint density at radius 1 is 1.06 bits per heavy atom. The number of ether oxygens (including phenoxy) is 2. The third kappa shape index (κ3) is 6.60. The number of nitrogens with one attached hydrogen (secondary N) is 1. The predicted octanol–water partition coefficient (Wildman–Crippen LogP) is 4.02. The predicted molar refractivity (Wildman–Crippen MR) is 120 cm³/mol. The first kappa shape index (κ1) is 22.9. The van der Waals surface area contributed by atoms with Gasteiger partial charge in [-0.2, -0.15) is 0 Å². The smallest absolute Gasteiger partial charge is 0.321 e. The van der Waals surface area contributed by atoms with Crippen molar-refractivity contribution >= 4 is 29.2 Å². The normalized spacial score (nSPS) is 15.2. The second-order valence-corrected chi connectivity index (χ2v) is 7.85. The Bertz CT molecular complexity index is 908. The molecule has 3 amide bonds. The van der Waals surface area contributed by atoms with Gasteiger partial charge in [-0.25, -0.2) is 4.79 Å². The molecule has 3 rings (SSSR count). The second-order valence-electron chi connectivity index (χ2n) is 7.41. The summed E-state index contributed by atoms with van der Waals surface area (Å²) in [5, 5.41) is 3.42. The van der Waals surface area contributed by atoms with Crippen LogP contribution in [0.15, 0.2) is 48.5 Å². The fourth-order valence-electron chi connectivity index (χ4n) is 3.42. The number of carbonyl (C=O) groups is 2. The molecular weight excluding hydrogens is 418 g/mol. The van der Waals surface area contributed by atoms with Crippen LogP contribution in [0, 0.1) is 0 Å². The van der Waals surface area contributed by atoms with E-state index in [1.807, 2.05) is 24.3 Å². The van der Waals surface area contributed by atoms with E-state index >= 15 is 0 Å². The van der Waals surface area contributed by atoms with Gasteiger partial charge in [0.25, 0.3) is 5.91 Å². The minimum Gasteiger partial charge on any atom is -0.497 e. The highest BCUT2D eigenvalue weighted by atomic mass is 35.5. The van der Waals surface area contributed by atoms with Gasteiger partial charge in [0.05, 0.1) is 13.7 Å². The van der Waals surface area contributed by atoms with Crippen molar-refractivity contribution in [2.45, 2.75) is 26.1 Å². The Balaban J connectivity index is 1.49. The summed E-state index contributed by atoms with van der Waals surface area (Å²) in [5.74, 6) is 0.684. The lowest BCUT2D eigenvalue weighted by molar-refractivity contribution is -0.143. The molecule has 1 heterocycles. The van der Waals surface area contributed by atoms with Crippen molar-refractivity contribution in [3.05, 3.63) is 59.1 Å². The molecule has 0 radical (unpaired) electrons. The number of rotatable bonds is 6. The molecule has 8 heteroatoms. The third-order valence-corrected chi connectivity index (χ3v) is 5.39. The highest BCUT2D eigenvalue weighted by Gasteiger charge is 2.25. The van der Waals surface area contributed by atoms with Crippen LogP contribution in [0.2, 0.25) is 5.02 Å². The fourth-order valence-corrected chi connectivity index (χ4v) is 3.61. The molecule has 31 heavy (non-hydrogen) atoms. The molecule has 0 saturated carbocycles. The summed E-state index contributed by atoms with van der Waals surface area (Å²) in [6.07, 6.45) is 0.134. The van der Waals surface area contributed by atoms with Crippen molar-refractivity contribution in [3.8, 4) is 5.75 Å². The standard InChI is InChI=1S/C23H28ClN3O4/c1-17(31-16-18-6-3-9-21(14-18)30-2)22(28)26-10-5-11-27(13-12-26)23(29)25-20-8-4-7-19(24)15-20/h3-4,6-9,14-15,17H,5,10-13,16H2,1-2H3,(H,25,29). The summed E-state index contributed by atoms with van der Waals surface area (Å²) in [7, 11) is 1.62. The lowest BCUT2D eigenvalue weighted by Gasteiger charge is -2.25. The van der Waals surface area contributed by atoms with Gasteiger partial charge in [-0.1, -0.05) is 29.8 Å². The van der Waals surface area contributed by atoms with E-state index in [4.69, 9.17) is 21.1 Å². The average molecular weight is 446 g/mol. The van der Waals surface area contributed by atoms with Crippen molar-refractivity contribution in [2.75, 3.05) is 38.6 Å². The maximum atomic E-state index is 12.8. The van der Waals surface area contributed by atoms with Gasteiger partial charge in [0, 0.05) is 36.9 Å². The monoisotopic (exact) mass is 445 g/mol. The molecule has 0 bridgehead atoms. The highest BCUT2D eigenvalue weighted by Crippen LogP contribution is 2.17. The zero-order chi connectivity index (χ0) is 22.2. The third-order valence-electron chi connectivity index (χ3n) is 5.15. The molecule has 7 nitrogen and oxygen atoms in total. The molecule has 0 spiro atoms. The van der Waals surface area contributed by atoms with Crippen LogP contribution in [0.4, 0.5) is 10.5 Å². The Morgan fingerprint density at radius 2 is 1.81 bits per heavy atom. The fraction of sp³-hybridized carbons (Fsp3) is 0.391. The summed E-state index contributed by atoms with van der Waals surface area (Å²) in [6, 6.07) is 14.4. The van der Waals surface area contributed by atoms with Crippen molar-refractivity contribution in [3.63, 3.8) is 0 Å². The Labute approximate surface area is 187 Å². The molecular formula is C23H28ClN3O4. The zero-order valence-electron chi connectivity index (χ0n) is 17.8. The Morgan fingerprint density at radius 3 is 2.58 bits per heavy atom. The Hall–Kier alpha value is -2.77.